The van der Waals surface area contributed by atoms with Crippen LogP contribution in [0.25, 0.3) is 0 Å². The minimum Gasteiger partial charge on any atom is -0.317 e. The molecule has 1 atom stereocenters. The van der Waals surface area contributed by atoms with Crippen LogP contribution in [0.3, 0.4) is 0 Å². The van der Waals surface area contributed by atoms with Gasteiger partial charge in [0, 0.05) is 13.1 Å². The van der Waals surface area contributed by atoms with E-state index in [4.69, 9.17) is 0 Å². The third-order valence-electron chi connectivity index (χ3n) is 2.44. The molecular weight excluding hydrogens is 284 g/mol. The fraction of sp³-hybridized carbons (Fsp3) is 0.667. The van der Waals surface area contributed by atoms with Gasteiger partial charge in [0.25, 0.3) is 0 Å². The van der Waals surface area contributed by atoms with Gasteiger partial charge in [-0.3, -0.25) is 0 Å². The monoisotopic (exact) mass is 304 g/mol. The van der Waals surface area contributed by atoms with Gasteiger partial charge in [-0.15, -0.1) is 11.3 Å². The molecule has 1 heterocycles. The lowest BCUT2D eigenvalue weighted by Gasteiger charge is -2.21. The molecule has 0 saturated heterocycles. The van der Waals surface area contributed by atoms with Gasteiger partial charge in [0.05, 0.1) is 3.79 Å². The van der Waals surface area contributed by atoms with Crippen molar-refractivity contribution in [2.45, 2.75) is 20.4 Å². The zero-order valence-electron chi connectivity index (χ0n) is 10.3. The minimum absolute atomic E-state index is 0.701. The molecule has 1 unspecified atom stereocenters. The number of thiophene rings is 1. The zero-order valence-corrected chi connectivity index (χ0v) is 12.7. The summed E-state index contributed by atoms with van der Waals surface area (Å²) in [4.78, 5) is 2.39. The van der Waals surface area contributed by atoms with Gasteiger partial charge < -0.3 is 10.2 Å². The third-order valence-corrected chi connectivity index (χ3v) is 3.99. The van der Waals surface area contributed by atoms with Gasteiger partial charge in [-0.1, -0.05) is 13.8 Å². The van der Waals surface area contributed by atoms with Gasteiger partial charge in [-0.05, 0) is 59.0 Å². The highest BCUT2D eigenvalue weighted by atomic mass is 79.9. The van der Waals surface area contributed by atoms with Crippen LogP contribution in [0.15, 0.2) is 15.2 Å². The number of rotatable bonds is 7. The Balaban J connectivity index is 2.27. The van der Waals surface area contributed by atoms with Crippen molar-refractivity contribution in [3.63, 3.8) is 0 Å². The highest BCUT2D eigenvalue weighted by Crippen LogP contribution is 2.21. The maximum atomic E-state index is 3.50. The van der Waals surface area contributed by atoms with Crippen LogP contribution in [0.1, 0.15) is 19.4 Å². The second kappa shape index (κ2) is 7.43. The Morgan fingerprint density at radius 3 is 2.88 bits per heavy atom. The van der Waals surface area contributed by atoms with Gasteiger partial charge in [-0.2, -0.15) is 0 Å². The number of nitrogens with one attached hydrogen (secondary N) is 1. The summed E-state index contributed by atoms with van der Waals surface area (Å²) < 4.78 is 1.22. The lowest BCUT2D eigenvalue weighted by molar-refractivity contribution is 0.275. The predicted molar refractivity (Wildman–Crippen MR) is 76.1 cm³/mol. The van der Waals surface area contributed by atoms with E-state index in [1.807, 2.05) is 0 Å². The van der Waals surface area contributed by atoms with E-state index in [-0.39, 0.29) is 0 Å². The van der Waals surface area contributed by atoms with E-state index in [1.165, 1.54) is 9.35 Å². The van der Waals surface area contributed by atoms with Gasteiger partial charge in [0.15, 0.2) is 0 Å². The van der Waals surface area contributed by atoms with Crippen LogP contribution >= 0.6 is 27.3 Å². The average Bonchev–Trinajstić information content (AvgIpc) is 2.60. The lowest BCUT2D eigenvalue weighted by Crippen LogP contribution is -2.30. The topological polar surface area (TPSA) is 15.3 Å². The Bertz CT molecular complexity index is 301. The summed E-state index contributed by atoms with van der Waals surface area (Å²) in [6.45, 7) is 8.79. The molecule has 0 saturated carbocycles. The lowest BCUT2D eigenvalue weighted by atomic mass is 10.1. The molecule has 0 aromatic carbocycles. The number of hydrogen-bond donors (Lipinski definition) is 1. The predicted octanol–water partition coefficient (Wildman–Crippen LogP) is 3.19. The average molecular weight is 305 g/mol. The van der Waals surface area contributed by atoms with Crippen LogP contribution in [-0.2, 0) is 6.54 Å². The molecule has 0 fully saturated rings. The molecule has 1 aromatic heterocycles. The van der Waals surface area contributed by atoms with Gasteiger partial charge in [0.1, 0.15) is 0 Å². The second-order valence-corrected chi connectivity index (χ2v) is 6.66. The van der Waals surface area contributed by atoms with Crippen molar-refractivity contribution in [3.05, 3.63) is 20.8 Å². The minimum atomic E-state index is 0.701. The molecule has 0 aliphatic carbocycles. The molecule has 1 rings (SSSR count). The summed E-state index contributed by atoms with van der Waals surface area (Å²) in [5.74, 6) is 0.701. The third kappa shape index (κ3) is 5.43. The summed E-state index contributed by atoms with van der Waals surface area (Å²) in [7, 11) is 2.19. The molecular formula is C12H21BrN2S. The van der Waals surface area contributed by atoms with E-state index in [9.17, 15) is 0 Å². The summed E-state index contributed by atoms with van der Waals surface area (Å²) in [5.41, 5.74) is 1.40. The van der Waals surface area contributed by atoms with Gasteiger partial charge in [0.2, 0.25) is 0 Å². The molecule has 92 valence electrons. The van der Waals surface area contributed by atoms with E-state index in [1.54, 1.807) is 11.3 Å². The molecule has 0 spiro atoms. The van der Waals surface area contributed by atoms with Crippen molar-refractivity contribution in [1.82, 2.24) is 10.2 Å². The Labute approximate surface area is 111 Å². The summed E-state index contributed by atoms with van der Waals surface area (Å²) in [5, 5.41) is 5.61. The first-order valence-electron chi connectivity index (χ1n) is 5.74. The zero-order chi connectivity index (χ0) is 12.0. The number of hydrogen-bond acceptors (Lipinski definition) is 3. The van der Waals surface area contributed by atoms with Crippen LogP contribution in [0.4, 0.5) is 0 Å². The SMILES string of the molecule is CCNCC(C)CN(C)Cc1csc(Br)c1. The van der Waals surface area contributed by atoms with E-state index in [0.717, 1.165) is 26.2 Å². The van der Waals surface area contributed by atoms with Gasteiger partial charge in [-0.25, -0.2) is 0 Å². The smallest absolute Gasteiger partial charge is 0.0701 e. The Kier molecular flexibility index (Phi) is 6.58. The van der Waals surface area contributed by atoms with E-state index in [2.05, 4.69) is 58.5 Å². The van der Waals surface area contributed by atoms with E-state index >= 15 is 0 Å². The first kappa shape index (κ1) is 14.2. The maximum Gasteiger partial charge on any atom is 0.0701 e. The fourth-order valence-corrected chi connectivity index (χ4v) is 2.99. The Hall–Kier alpha value is 0.100. The highest BCUT2D eigenvalue weighted by molar-refractivity contribution is 9.11. The summed E-state index contributed by atoms with van der Waals surface area (Å²) in [6.07, 6.45) is 0. The molecule has 0 bridgehead atoms. The Morgan fingerprint density at radius 1 is 1.56 bits per heavy atom. The molecule has 1 N–H and O–H groups in total. The van der Waals surface area contributed by atoms with Crippen molar-refractivity contribution in [1.29, 1.82) is 0 Å². The van der Waals surface area contributed by atoms with Crippen LogP contribution in [-0.4, -0.2) is 31.6 Å². The molecule has 0 aliphatic heterocycles. The van der Waals surface area contributed by atoms with E-state index < -0.39 is 0 Å². The van der Waals surface area contributed by atoms with Crippen LogP contribution in [0.5, 0.6) is 0 Å². The van der Waals surface area contributed by atoms with Crippen molar-refractivity contribution in [3.8, 4) is 0 Å². The van der Waals surface area contributed by atoms with E-state index in [0.29, 0.717) is 5.92 Å². The molecule has 1 aromatic rings. The van der Waals surface area contributed by atoms with Crippen LogP contribution in [0.2, 0.25) is 0 Å². The molecule has 16 heavy (non-hydrogen) atoms. The first-order valence-corrected chi connectivity index (χ1v) is 7.41. The molecule has 2 nitrogen and oxygen atoms in total. The standard InChI is InChI=1S/C12H21BrN2S/c1-4-14-6-10(2)7-15(3)8-11-5-12(13)16-9-11/h5,9-10,14H,4,6-8H2,1-3H3. The van der Waals surface area contributed by atoms with Gasteiger partial charge >= 0.3 is 0 Å². The summed E-state index contributed by atoms with van der Waals surface area (Å²) >= 11 is 5.25. The van der Waals surface area contributed by atoms with Crippen LogP contribution < -0.4 is 5.32 Å². The summed E-state index contributed by atoms with van der Waals surface area (Å²) in [6, 6.07) is 2.20. The van der Waals surface area contributed by atoms with Crippen molar-refractivity contribution in [2.24, 2.45) is 5.92 Å². The van der Waals surface area contributed by atoms with Crippen LogP contribution in [0, 0.1) is 5.92 Å². The van der Waals surface area contributed by atoms with Crippen molar-refractivity contribution < 1.29 is 0 Å². The fourth-order valence-electron chi connectivity index (χ4n) is 1.79. The first-order chi connectivity index (χ1) is 7.61. The molecule has 0 radical (unpaired) electrons. The normalized spacial score (nSPS) is 13.3. The quantitative estimate of drug-likeness (QED) is 0.832. The largest absolute Gasteiger partial charge is 0.317 e. The number of nitrogens with zero attached hydrogens (tertiary/aromatic N) is 1. The number of halogens is 1. The molecule has 4 heteroatoms. The highest BCUT2D eigenvalue weighted by Gasteiger charge is 2.07. The molecule has 0 aliphatic rings. The van der Waals surface area contributed by atoms with Crippen molar-refractivity contribution in [2.75, 3.05) is 26.7 Å². The Morgan fingerprint density at radius 2 is 2.31 bits per heavy atom. The second-order valence-electron chi connectivity index (χ2n) is 4.37. The maximum absolute atomic E-state index is 3.50. The molecule has 0 amide bonds. The van der Waals surface area contributed by atoms with Crippen molar-refractivity contribution >= 4 is 27.3 Å².